The zero-order chi connectivity index (χ0) is 14.9. The molecule has 0 radical (unpaired) electrons. The van der Waals surface area contributed by atoms with Crippen LogP contribution in [0.15, 0.2) is 0 Å². The first kappa shape index (κ1) is 15.6. The van der Waals surface area contributed by atoms with Gasteiger partial charge in [0.15, 0.2) is 0 Å². The molecule has 2 atom stereocenters. The van der Waals surface area contributed by atoms with Gasteiger partial charge in [0.25, 0.3) is 0 Å². The monoisotopic (exact) mass is 283 g/mol. The number of ether oxygens (including phenoxy) is 1. The number of carbonyl (C=O) groups is 1. The third-order valence-electron chi connectivity index (χ3n) is 4.33. The van der Waals surface area contributed by atoms with E-state index in [2.05, 4.69) is 23.9 Å². The number of nitrogens with zero attached hydrogens (tertiary/aromatic N) is 3. The van der Waals surface area contributed by atoms with E-state index in [-0.39, 0.29) is 6.09 Å². The Morgan fingerprint density at radius 1 is 1.15 bits per heavy atom. The molecule has 1 amide bonds. The number of likely N-dealkylation sites (N-methyl/N-ethyl adjacent to an activating group) is 2. The second kappa shape index (κ2) is 5.90. The van der Waals surface area contributed by atoms with Gasteiger partial charge in [0, 0.05) is 31.7 Å². The normalized spacial score (nSPS) is 28.4. The summed E-state index contributed by atoms with van der Waals surface area (Å²) in [5.41, 5.74) is -0.408. The number of hydrogen-bond donors (Lipinski definition) is 0. The number of likely N-dealkylation sites (tertiary alicyclic amines) is 2. The Hall–Kier alpha value is -0.810. The Kier molecular flexibility index (Phi) is 4.59. The molecule has 0 aliphatic carbocycles. The zero-order valence-electron chi connectivity index (χ0n) is 13.6. The molecule has 5 heteroatoms. The molecule has 0 aromatic rings. The van der Waals surface area contributed by atoms with Crippen molar-refractivity contribution in [1.29, 1.82) is 0 Å². The van der Waals surface area contributed by atoms with Crippen molar-refractivity contribution in [3.8, 4) is 0 Å². The highest BCUT2D eigenvalue weighted by molar-refractivity contribution is 5.68. The molecule has 0 saturated carbocycles. The molecule has 20 heavy (non-hydrogen) atoms. The van der Waals surface area contributed by atoms with Crippen LogP contribution in [0.25, 0.3) is 0 Å². The lowest BCUT2D eigenvalue weighted by molar-refractivity contribution is 0.0278. The SMILES string of the molecule is CN1CC[C@@H](N(C)[C@@H]2CCN(C(=O)OC(C)(C)C)C2)C1. The van der Waals surface area contributed by atoms with Gasteiger partial charge in [0.2, 0.25) is 0 Å². The summed E-state index contributed by atoms with van der Waals surface area (Å²) in [6.07, 6.45) is 2.11. The maximum atomic E-state index is 12.1. The predicted molar refractivity (Wildman–Crippen MR) is 79.9 cm³/mol. The van der Waals surface area contributed by atoms with Gasteiger partial charge in [-0.3, -0.25) is 4.90 Å². The molecule has 2 saturated heterocycles. The molecule has 2 heterocycles. The van der Waals surface area contributed by atoms with Gasteiger partial charge in [0.05, 0.1) is 0 Å². The Morgan fingerprint density at radius 3 is 2.30 bits per heavy atom. The Balaban J connectivity index is 1.84. The fourth-order valence-corrected chi connectivity index (χ4v) is 3.11. The number of rotatable bonds is 2. The van der Waals surface area contributed by atoms with Crippen LogP contribution in [0.3, 0.4) is 0 Å². The lowest BCUT2D eigenvalue weighted by Gasteiger charge is -2.30. The van der Waals surface area contributed by atoms with Gasteiger partial charge in [-0.1, -0.05) is 0 Å². The quantitative estimate of drug-likeness (QED) is 0.772. The first-order chi connectivity index (χ1) is 9.26. The fraction of sp³-hybridized carbons (Fsp3) is 0.933. The third-order valence-corrected chi connectivity index (χ3v) is 4.33. The molecule has 116 valence electrons. The summed E-state index contributed by atoms with van der Waals surface area (Å²) in [5, 5.41) is 0. The first-order valence-electron chi connectivity index (χ1n) is 7.64. The van der Waals surface area contributed by atoms with Crippen molar-refractivity contribution in [3.63, 3.8) is 0 Å². The van der Waals surface area contributed by atoms with E-state index in [1.54, 1.807) is 0 Å². The van der Waals surface area contributed by atoms with E-state index in [1.807, 2.05) is 25.7 Å². The molecule has 0 aromatic heterocycles. The summed E-state index contributed by atoms with van der Waals surface area (Å²) < 4.78 is 5.45. The molecule has 2 aliphatic rings. The molecule has 0 aromatic carbocycles. The van der Waals surface area contributed by atoms with E-state index in [9.17, 15) is 4.79 Å². The Morgan fingerprint density at radius 2 is 1.75 bits per heavy atom. The minimum atomic E-state index is -0.408. The molecule has 2 rings (SSSR count). The molecule has 2 fully saturated rings. The summed E-state index contributed by atoms with van der Waals surface area (Å²) in [6.45, 7) is 9.67. The van der Waals surface area contributed by atoms with Crippen molar-refractivity contribution >= 4 is 6.09 Å². The molecular weight excluding hydrogens is 254 g/mol. The summed E-state index contributed by atoms with van der Waals surface area (Å²) in [5.74, 6) is 0. The lowest BCUT2D eigenvalue weighted by Crippen LogP contribution is -2.44. The minimum absolute atomic E-state index is 0.170. The average Bonchev–Trinajstić information content (AvgIpc) is 2.94. The summed E-state index contributed by atoms with van der Waals surface area (Å²) >= 11 is 0. The van der Waals surface area contributed by atoms with Crippen LogP contribution in [0.4, 0.5) is 4.79 Å². The minimum Gasteiger partial charge on any atom is -0.444 e. The van der Waals surface area contributed by atoms with Crippen LogP contribution in [0, 0.1) is 0 Å². The van der Waals surface area contributed by atoms with Crippen LogP contribution in [0.5, 0.6) is 0 Å². The van der Waals surface area contributed by atoms with Crippen LogP contribution in [0.1, 0.15) is 33.6 Å². The van der Waals surface area contributed by atoms with Crippen LogP contribution in [0.2, 0.25) is 0 Å². The largest absolute Gasteiger partial charge is 0.444 e. The highest BCUT2D eigenvalue weighted by Crippen LogP contribution is 2.22. The van der Waals surface area contributed by atoms with Gasteiger partial charge in [-0.25, -0.2) is 4.79 Å². The van der Waals surface area contributed by atoms with E-state index in [4.69, 9.17) is 4.74 Å². The van der Waals surface area contributed by atoms with Gasteiger partial charge in [-0.05, 0) is 54.3 Å². The van der Waals surface area contributed by atoms with E-state index < -0.39 is 5.60 Å². The Bertz CT molecular complexity index is 354. The van der Waals surface area contributed by atoms with Crippen LogP contribution < -0.4 is 0 Å². The second-order valence-electron chi connectivity index (χ2n) is 7.24. The van der Waals surface area contributed by atoms with Gasteiger partial charge < -0.3 is 14.5 Å². The molecule has 5 nitrogen and oxygen atoms in total. The van der Waals surface area contributed by atoms with E-state index in [0.29, 0.717) is 12.1 Å². The number of amides is 1. The maximum Gasteiger partial charge on any atom is 0.410 e. The van der Waals surface area contributed by atoms with Crippen molar-refractivity contribution in [3.05, 3.63) is 0 Å². The van der Waals surface area contributed by atoms with E-state index in [1.165, 1.54) is 13.0 Å². The number of carbonyl (C=O) groups excluding carboxylic acids is 1. The zero-order valence-corrected chi connectivity index (χ0v) is 13.6. The second-order valence-corrected chi connectivity index (χ2v) is 7.24. The van der Waals surface area contributed by atoms with Gasteiger partial charge in [-0.2, -0.15) is 0 Å². The van der Waals surface area contributed by atoms with Crippen molar-refractivity contribution in [1.82, 2.24) is 14.7 Å². The molecule has 0 spiro atoms. The van der Waals surface area contributed by atoms with Crippen LogP contribution in [-0.4, -0.2) is 78.8 Å². The van der Waals surface area contributed by atoms with Gasteiger partial charge >= 0.3 is 6.09 Å². The van der Waals surface area contributed by atoms with E-state index in [0.717, 1.165) is 26.1 Å². The maximum absolute atomic E-state index is 12.1. The van der Waals surface area contributed by atoms with Gasteiger partial charge in [-0.15, -0.1) is 0 Å². The van der Waals surface area contributed by atoms with Crippen LogP contribution in [-0.2, 0) is 4.74 Å². The van der Waals surface area contributed by atoms with Gasteiger partial charge in [0.1, 0.15) is 5.60 Å². The fourth-order valence-electron chi connectivity index (χ4n) is 3.11. The van der Waals surface area contributed by atoms with Crippen LogP contribution >= 0.6 is 0 Å². The number of hydrogen-bond acceptors (Lipinski definition) is 4. The third kappa shape index (κ3) is 3.85. The molecule has 0 unspecified atom stereocenters. The predicted octanol–water partition coefficient (Wildman–Crippen LogP) is 1.63. The van der Waals surface area contributed by atoms with Crippen molar-refractivity contribution < 1.29 is 9.53 Å². The standard InChI is InChI=1S/C15H29N3O2/c1-15(2,3)20-14(19)18-9-7-13(11-18)17(5)12-6-8-16(4)10-12/h12-13H,6-11H2,1-5H3/t12-,13-/m1/s1. The average molecular weight is 283 g/mol. The molecular formula is C15H29N3O2. The highest BCUT2D eigenvalue weighted by Gasteiger charge is 2.35. The molecule has 2 aliphatic heterocycles. The van der Waals surface area contributed by atoms with Crippen molar-refractivity contribution in [2.45, 2.75) is 51.3 Å². The van der Waals surface area contributed by atoms with Crippen molar-refractivity contribution in [2.24, 2.45) is 0 Å². The summed E-state index contributed by atoms with van der Waals surface area (Å²) in [7, 11) is 4.38. The Labute approximate surface area is 122 Å². The molecule has 0 N–H and O–H groups in total. The highest BCUT2D eigenvalue weighted by atomic mass is 16.6. The topological polar surface area (TPSA) is 36.0 Å². The first-order valence-corrected chi connectivity index (χ1v) is 7.64. The van der Waals surface area contributed by atoms with Crippen molar-refractivity contribution in [2.75, 3.05) is 40.3 Å². The lowest BCUT2D eigenvalue weighted by atomic mass is 10.1. The smallest absolute Gasteiger partial charge is 0.410 e. The summed E-state index contributed by atoms with van der Waals surface area (Å²) in [6, 6.07) is 1.10. The molecule has 0 bridgehead atoms. The summed E-state index contributed by atoms with van der Waals surface area (Å²) in [4.78, 5) is 18.8. The van der Waals surface area contributed by atoms with E-state index >= 15 is 0 Å².